The van der Waals surface area contributed by atoms with E-state index in [1.165, 1.54) is 10.4 Å². The van der Waals surface area contributed by atoms with Crippen LogP contribution in [0.2, 0.25) is 0 Å². The van der Waals surface area contributed by atoms with Crippen molar-refractivity contribution in [3.63, 3.8) is 0 Å². The summed E-state index contributed by atoms with van der Waals surface area (Å²) in [6, 6.07) is 3.30. The van der Waals surface area contributed by atoms with Crippen molar-refractivity contribution in [1.82, 2.24) is 20.3 Å². The van der Waals surface area contributed by atoms with Crippen LogP contribution in [-0.2, 0) is 29.0 Å². The summed E-state index contributed by atoms with van der Waals surface area (Å²) in [5.41, 5.74) is -0.329. The molecule has 2 saturated heterocycles. The van der Waals surface area contributed by atoms with Crippen LogP contribution >= 0.6 is 11.8 Å². The number of unbranched alkanes of at least 4 members (excludes halogenated alkanes) is 1. The van der Waals surface area contributed by atoms with E-state index in [-0.39, 0.29) is 60.3 Å². The van der Waals surface area contributed by atoms with Crippen LogP contribution < -0.4 is 16.0 Å². The lowest BCUT2D eigenvalue weighted by molar-refractivity contribution is -0.121. The van der Waals surface area contributed by atoms with Gasteiger partial charge in [0.2, 0.25) is 15.9 Å². The molecule has 2 heterocycles. The molecule has 0 spiro atoms. The predicted octanol–water partition coefficient (Wildman–Crippen LogP) is 1.64. The smallest absolute Gasteiger partial charge is 0.340 e. The summed E-state index contributed by atoms with van der Waals surface area (Å²) < 4.78 is 57.4. The lowest BCUT2D eigenvalue weighted by Gasteiger charge is -2.22. The number of urea groups is 1. The first-order valence-corrected chi connectivity index (χ1v) is 16.7. The van der Waals surface area contributed by atoms with Crippen LogP contribution in [-0.4, -0.2) is 106 Å². The number of benzene rings is 1. The van der Waals surface area contributed by atoms with Gasteiger partial charge in [0.05, 0.1) is 56.1 Å². The van der Waals surface area contributed by atoms with Gasteiger partial charge >= 0.3 is 12.0 Å². The molecule has 1 saturated carbocycles. The maximum Gasteiger partial charge on any atom is 0.340 e. The summed E-state index contributed by atoms with van der Waals surface area (Å²) in [5, 5.41) is 9.14. The van der Waals surface area contributed by atoms with Crippen molar-refractivity contribution in [2.24, 2.45) is 0 Å². The molecule has 42 heavy (non-hydrogen) atoms. The number of hydrogen-bond donors (Lipinski definition) is 3. The lowest BCUT2D eigenvalue weighted by atomic mass is 10.0. The van der Waals surface area contributed by atoms with Crippen molar-refractivity contribution in [3.05, 3.63) is 29.6 Å². The number of ether oxygens (including phenoxy) is 3. The predicted molar refractivity (Wildman–Crippen MR) is 153 cm³/mol. The van der Waals surface area contributed by atoms with Gasteiger partial charge in [-0.25, -0.2) is 22.4 Å². The summed E-state index contributed by atoms with van der Waals surface area (Å²) in [7, 11) is -2.85. The van der Waals surface area contributed by atoms with Crippen molar-refractivity contribution in [1.29, 1.82) is 0 Å². The quantitative estimate of drug-likeness (QED) is 0.125. The number of methoxy groups -OCH3 is 1. The van der Waals surface area contributed by atoms with Crippen LogP contribution in [0.3, 0.4) is 0 Å². The molecule has 0 unspecified atom stereocenters. The number of rotatable bonds is 18. The standard InChI is InChI=1S/C27H39FN4O8S2/c1-38-26(34)20-9-8-19(16-21(20)28)42(36,37)32(18-6-7-18)11-13-40-15-14-39-12-10-29-24(33)5-3-2-4-23-25-22(17-41-23)30-27(35)31-25/h8-9,16,18,22-23,25H,2-7,10-15,17H2,1H3,(H,29,33)(H2,30,31,35)/t22-,23-,25-/m0/s1. The van der Waals surface area contributed by atoms with Gasteiger partial charge in [-0.2, -0.15) is 16.1 Å². The minimum absolute atomic E-state index is 0.0242. The van der Waals surface area contributed by atoms with Crippen LogP contribution in [0, 0.1) is 5.82 Å². The molecule has 2 aliphatic heterocycles. The fourth-order valence-electron chi connectivity index (χ4n) is 5.03. The Kier molecular flexibility index (Phi) is 11.8. The second-order valence-corrected chi connectivity index (χ2v) is 13.6. The monoisotopic (exact) mass is 630 g/mol. The van der Waals surface area contributed by atoms with E-state index in [9.17, 15) is 27.2 Å². The van der Waals surface area contributed by atoms with E-state index in [0.29, 0.717) is 44.3 Å². The number of nitrogens with one attached hydrogen (secondary N) is 3. The maximum atomic E-state index is 14.3. The molecule has 3 fully saturated rings. The molecule has 0 bridgehead atoms. The highest BCUT2D eigenvalue weighted by Gasteiger charge is 2.42. The van der Waals surface area contributed by atoms with Crippen LogP contribution in [0.4, 0.5) is 9.18 Å². The van der Waals surface area contributed by atoms with Crippen molar-refractivity contribution < 1.29 is 41.4 Å². The maximum absolute atomic E-state index is 14.3. The summed E-state index contributed by atoms with van der Waals surface area (Å²) in [5.74, 6) is -0.932. The summed E-state index contributed by atoms with van der Waals surface area (Å²) >= 11 is 1.87. The number of sulfonamides is 1. The van der Waals surface area contributed by atoms with Gasteiger partial charge in [-0.15, -0.1) is 0 Å². The molecular formula is C27H39FN4O8S2. The van der Waals surface area contributed by atoms with Crippen LogP contribution in [0.5, 0.6) is 0 Å². The van der Waals surface area contributed by atoms with E-state index in [2.05, 4.69) is 20.7 Å². The summed E-state index contributed by atoms with van der Waals surface area (Å²) in [6.45, 7) is 1.51. The zero-order valence-corrected chi connectivity index (χ0v) is 25.3. The molecule has 15 heteroatoms. The molecule has 3 aliphatic rings. The molecule has 12 nitrogen and oxygen atoms in total. The Balaban J connectivity index is 1.04. The Morgan fingerprint density at radius 1 is 1.12 bits per heavy atom. The molecule has 1 aliphatic carbocycles. The second-order valence-electron chi connectivity index (χ2n) is 10.4. The van der Waals surface area contributed by atoms with Gasteiger partial charge in [0.1, 0.15) is 5.82 Å². The van der Waals surface area contributed by atoms with Crippen LogP contribution in [0.15, 0.2) is 23.1 Å². The molecular weight excluding hydrogens is 591 g/mol. The van der Waals surface area contributed by atoms with E-state index in [0.717, 1.165) is 44.3 Å². The number of hydrogen-bond acceptors (Lipinski definition) is 9. The molecule has 3 N–H and O–H groups in total. The topological polar surface area (TPSA) is 152 Å². The lowest BCUT2D eigenvalue weighted by Crippen LogP contribution is -2.36. The number of carbonyl (C=O) groups excluding carboxylic acids is 3. The average molecular weight is 631 g/mol. The summed E-state index contributed by atoms with van der Waals surface area (Å²) in [4.78, 5) is 34.9. The van der Waals surface area contributed by atoms with E-state index < -0.39 is 21.8 Å². The zero-order chi connectivity index (χ0) is 30.1. The van der Waals surface area contributed by atoms with Gasteiger partial charge in [0.15, 0.2) is 0 Å². The first kappa shape index (κ1) is 32.5. The van der Waals surface area contributed by atoms with Gasteiger partial charge in [0.25, 0.3) is 0 Å². The number of amides is 3. The number of halogens is 1. The van der Waals surface area contributed by atoms with Gasteiger partial charge in [-0.3, -0.25) is 4.79 Å². The minimum Gasteiger partial charge on any atom is -0.465 e. The fourth-order valence-corrected chi connectivity index (χ4v) is 8.26. The summed E-state index contributed by atoms with van der Waals surface area (Å²) in [6.07, 6.45) is 4.57. The van der Waals surface area contributed by atoms with E-state index in [1.807, 2.05) is 11.8 Å². The van der Waals surface area contributed by atoms with Crippen molar-refractivity contribution >= 4 is 39.7 Å². The fraction of sp³-hybridized carbons (Fsp3) is 0.667. The van der Waals surface area contributed by atoms with E-state index in [1.54, 1.807) is 0 Å². The zero-order valence-electron chi connectivity index (χ0n) is 23.6. The first-order chi connectivity index (χ1) is 20.2. The highest BCUT2D eigenvalue weighted by Crippen LogP contribution is 2.33. The van der Waals surface area contributed by atoms with Crippen LogP contribution in [0.1, 0.15) is 48.9 Å². The molecule has 3 amide bonds. The molecule has 4 rings (SSSR count). The Hall–Kier alpha value is -2.46. The molecule has 0 radical (unpaired) electrons. The second kappa shape index (κ2) is 15.3. The van der Waals surface area contributed by atoms with Gasteiger partial charge in [0, 0.05) is 36.6 Å². The van der Waals surface area contributed by atoms with Crippen LogP contribution in [0.25, 0.3) is 0 Å². The number of fused-ring (bicyclic) bond motifs is 1. The van der Waals surface area contributed by atoms with Gasteiger partial charge in [-0.1, -0.05) is 6.42 Å². The minimum atomic E-state index is -3.97. The number of carbonyl (C=O) groups is 3. The third kappa shape index (κ3) is 8.78. The highest BCUT2D eigenvalue weighted by atomic mass is 32.2. The number of nitrogens with zero attached hydrogens (tertiary/aromatic N) is 1. The third-order valence-electron chi connectivity index (χ3n) is 7.38. The normalized spacial score (nSPS) is 21.6. The Morgan fingerprint density at radius 3 is 2.60 bits per heavy atom. The van der Waals surface area contributed by atoms with Crippen molar-refractivity contribution in [2.45, 2.75) is 66.8 Å². The number of thioether (sulfide) groups is 1. The molecule has 1 aromatic carbocycles. The first-order valence-electron chi connectivity index (χ1n) is 14.2. The SMILES string of the molecule is COC(=O)c1ccc(S(=O)(=O)N(CCOCCOCCNC(=O)CCCC[C@@H]2SC[C@@H]3NC(=O)N[C@@H]32)C2CC2)cc1F. The average Bonchev–Trinajstić information content (AvgIpc) is 3.63. The third-order valence-corrected chi connectivity index (χ3v) is 10.8. The Morgan fingerprint density at radius 2 is 1.88 bits per heavy atom. The number of esters is 1. The highest BCUT2D eigenvalue weighted by molar-refractivity contribution is 8.00. The van der Waals surface area contributed by atoms with Gasteiger partial charge < -0.3 is 30.2 Å². The Bertz CT molecular complexity index is 1220. The van der Waals surface area contributed by atoms with E-state index >= 15 is 0 Å². The van der Waals surface area contributed by atoms with Crippen molar-refractivity contribution in [2.75, 3.05) is 52.4 Å². The molecule has 0 aromatic heterocycles. The van der Waals surface area contributed by atoms with Crippen molar-refractivity contribution in [3.8, 4) is 0 Å². The molecule has 234 valence electrons. The van der Waals surface area contributed by atoms with E-state index in [4.69, 9.17) is 9.47 Å². The Labute approximate surface area is 249 Å². The molecule has 3 atom stereocenters. The molecule has 1 aromatic rings. The van der Waals surface area contributed by atoms with Gasteiger partial charge in [-0.05, 0) is 43.9 Å². The largest absolute Gasteiger partial charge is 0.465 e.